The summed E-state index contributed by atoms with van der Waals surface area (Å²) in [5.41, 5.74) is 6.51. The number of carbonyl (C=O) groups excluding carboxylic acids is 1. The van der Waals surface area contributed by atoms with E-state index in [-0.39, 0.29) is 5.91 Å². The molecule has 0 saturated heterocycles. The molecule has 0 fully saturated rings. The van der Waals surface area contributed by atoms with Crippen LogP contribution in [0.5, 0.6) is 0 Å². The van der Waals surface area contributed by atoms with Crippen molar-refractivity contribution in [3.63, 3.8) is 0 Å². The summed E-state index contributed by atoms with van der Waals surface area (Å²) >= 11 is 0. The largest absolute Gasteiger partial charge is 0.369 e. The van der Waals surface area contributed by atoms with E-state index in [0.29, 0.717) is 24.7 Å². The predicted molar refractivity (Wildman–Crippen MR) is 88.4 cm³/mol. The Morgan fingerprint density at radius 2 is 1.86 bits per heavy atom. The Bertz CT molecular complexity index is 557. The predicted octanol–water partition coefficient (Wildman–Crippen LogP) is 2.24. The highest BCUT2D eigenvalue weighted by atomic mass is 16.1. The van der Waals surface area contributed by atoms with E-state index >= 15 is 0 Å². The Labute approximate surface area is 131 Å². The van der Waals surface area contributed by atoms with Crippen LogP contribution in [0.1, 0.15) is 31.5 Å². The number of primary amides is 1. The molecule has 2 rings (SSSR count). The molecule has 0 radical (unpaired) electrons. The molecule has 0 bridgehead atoms. The molecule has 22 heavy (non-hydrogen) atoms. The van der Waals surface area contributed by atoms with Crippen molar-refractivity contribution in [1.82, 2.24) is 10.3 Å². The zero-order valence-electron chi connectivity index (χ0n) is 13.1. The second-order valence-electron chi connectivity index (χ2n) is 5.71. The summed E-state index contributed by atoms with van der Waals surface area (Å²) in [6, 6.07) is 15.6. The molecule has 1 aromatic carbocycles. The first-order valence-corrected chi connectivity index (χ1v) is 7.57. The molecule has 116 valence electrons. The summed E-state index contributed by atoms with van der Waals surface area (Å²) in [4.78, 5) is 16.9. The third-order valence-electron chi connectivity index (χ3n) is 3.84. The fourth-order valence-corrected chi connectivity index (χ4v) is 2.70. The molecule has 4 nitrogen and oxygen atoms in total. The highest BCUT2D eigenvalue weighted by molar-refractivity contribution is 5.90. The normalized spacial score (nSPS) is 13.8. The molecule has 0 aliphatic carbocycles. The monoisotopic (exact) mass is 297 g/mol. The number of rotatable bonds is 7. The number of carbonyl (C=O) groups is 1. The van der Waals surface area contributed by atoms with Crippen LogP contribution >= 0.6 is 0 Å². The van der Waals surface area contributed by atoms with Gasteiger partial charge in [0, 0.05) is 12.2 Å². The van der Waals surface area contributed by atoms with Crippen LogP contribution in [-0.2, 0) is 10.2 Å². The standard InChI is InChI=1S/C18H23N3O/c1-14(2)20-13-11-18(17(19)22,15-8-4-3-5-9-15)16-10-6-7-12-21-16/h3-10,12,14,20H,11,13H2,1-2H3,(H2,19,22)/t18-/m0/s1. The second kappa shape index (κ2) is 7.18. The lowest BCUT2D eigenvalue weighted by Crippen LogP contribution is -2.45. The highest BCUT2D eigenvalue weighted by Crippen LogP contribution is 2.34. The minimum Gasteiger partial charge on any atom is -0.369 e. The zero-order valence-corrected chi connectivity index (χ0v) is 13.1. The summed E-state index contributed by atoms with van der Waals surface area (Å²) in [7, 11) is 0. The molecular formula is C18H23N3O. The van der Waals surface area contributed by atoms with E-state index < -0.39 is 5.41 Å². The van der Waals surface area contributed by atoms with Gasteiger partial charge in [-0.15, -0.1) is 0 Å². The number of benzene rings is 1. The molecule has 1 aromatic heterocycles. The second-order valence-corrected chi connectivity index (χ2v) is 5.71. The third-order valence-corrected chi connectivity index (χ3v) is 3.84. The Kier molecular flexibility index (Phi) is 5.28. The van der Waals surface area contributed by atoms with Crippen LogP contribution in [0.15, 0.2) is 54.7 Å². The van der Waals surface area contributed by atoms with Gasteiger partial charge in [0.2, 0.25) is 5.91 Å². The molecule has 1 heterocycles. The number of hydrogen-bond acceptors (Lipinski definition) is 3. The van der Waals surface area contributed by atoms with Crippen molar-refractivity contribution in [3.05, 3.63) is 66.0 Å². The molecule has 4 heteroatoms. The first kappa shape index (κ1) is 16.2. The van der Waals surface area contributed by atoms with Crippen molar-refractivity contribution in [3.8, 4) is 0 Å². The number of nitrogens with zero attached hydrogens (tertiary/aromatic N) is 1. The summed E-state index contributed by atoms with van der Waals surface area (Å²) in [6.45, 7) is 4.84. The maximum Gasteiger partial charge on any atom is 0.234 e. The molecule has 1 atom stereocenters. The lowest BCUT2D eigenvalue weighted by Gasteiger charge is -2.31. The number of nitrogens with two attached hydrogens (primary N) is 1. The average Bonchev–Trinajstić information content (AvgIpc) is 2.53. The lowest BCUT2D eigenvalue weighted by molar-refractivity contribution is -0.122. The first-order valence-electron chi connectivity index (χ1n) is 7.57. The van der Waals surface area contributed by atoms with Gasteiger partial charge in [-0.1, -0.05) is 50.2 Å². The van der Waals surface area contributed by atoms with Crippen molar-refractivity contribution < 1.29 is 4.79 Å². The van der Waals surface area contributed by atoms with Crippen molar-refractivity contribution in [1.29, 1.82) is 0 Å². The van der Waals surface area contributed by atoms with E-state index in [1.165, 1.54) is 0 Å². The van der Waals surface area contributed by atoms with Gasteiger partial charge in [-0.05, 0) is 30.7 Å². The van der Waals surface area contributed by atoms with Crippen LogP contribution in [-0.4, -0.2) is 23.5 Å². The summed E-state index contributed by atoms with van der Waals surface area (Å²) in [5.74, 6) is -0.372. The molecule has 0 saturated carbocycles. The van der Waals surface area contributed by atoms with Crippen LogP contribution in [0.2, 0.25) is 0 Å². The Balaban J connectivity index is 2.48. The van der Waals surface area contributed by atoms with Gasteiger partial charge in [-0.3, -0.25) is 9.78 Å². The van der Waals surface area contributed by atoms with Gasteiger partial charge in [-0.2, -0.15) is 0 Å². The summed E-state index contributed by atoms with van der Waals surface area (Å²) < 4.78 is 0. The molecule has 3 N–H and O–H groups in total. The Morgan fingerprint density at radius 1 is 1.18 bits per heavy atom. The maximum absolute atomic E-state index is 12.5. The van der Waals surface area contributed by atoms with Crippen LogP contribution < -0.4 is 11.1 Å². The molecule has 0 spiro atoms. The van der Waals surface area contributed by atoms with Gasteiger partial charge in [-0.25, -0.2) is 0 Å². The Hall–Kier alpha value is -2.20. The quantitative estimate of drug-likeness (QED) is 0.823. The van der Waals surface area contributed by atoms with E-state index in [9.17, 15) is 4.79 Å². The van der Waals surface area contributed by atoms with Crippen molar-refractivity contribution >= 4 is 5.91 Å². The number of hydrogen-bond donors (Lipinski definition) is 2. The van der Waals surface area contributed by atoms with E-state index in [1.807, 2.05) is 48.5 Å². The van der Waals surface area contributed by atoms with E-state index in [1.54, 1.807) is 6.20 Å². The van der Waals surface area contributed by atoms with Crippen LogP contribution in [0.25, 0.3) is 0 Å². The van der Waals surface area contributed by atoms with Crippen LogP contribution in [0, 0.1) is 0 Å². The fraction of sp³-hybridized carbons (Fsp3) is 0.333. The van der Waals surface area contributed by atoms with Gasteiger partial charge in [0.05, 0.1) is 5.69 Å². The maximum atomic E-state index is 12.5. The van der Waals surface area contributed by atoms with Gasteiger partial charge < -0.3 is 11.1 Å². The van der Waals surface area contributed by atoms with E-state index in [0.717, 1.165) is 5.56 Å². The van der Waals surface area contributed by atoms with E-state index in [2.05, 4.69) is 24.1 Å². The smallest absolute Gasteiger partial charge is 0.234 e. The molecular weight excluding hydrogens is 274 g/mol. The molecule has 1 amide bonds. The summed E-state index contributed by atoms with van der Waals surface area (Å²) in [5, 5.41) is 3.36. The average molecular weight is 297 g/mol. The van der Waals surface area contributed by atoms with Crippen LogP contribution in [0.4, 0.5) is 0 Å². The van der Waals surface area contributed by atoms with Crippen LogP contribution in [0.3, 0.4) is 0 Å². The van der Waals surface area contributed by atoms with Gasteiger partial charge in [0.15, 0.2) is 0 Å². The third kappa shape index (κ3) is 3.34. The number of amides is 1. The SMILES string of the molecule is CC(C)NCC[C@](C(N)=O)(c1ccccc1)c1ccccn1. The number of aromatic nitrogens is 1. The topological polar surface area (TPSA) is 68.0 Å². The van der Waals surface area contributed by atoms with Crippen molar-refractivity contribution in [2.75, 3.05) is 6.54 Å². The number of pyridine rings is 1. The lowest BCUT2D eigenvalue weighted by atomic mass is 9.73. The minimum absolute atomic E-state index is 0.352. The molecule has 0 unspecified atom stereocenters. The summed E-state index contributed by atoms with van der Waals surface area (Å²) in [6.07, 6.45) is 2.27. The number of nitrogens with one attached hydrogen (secondary N) is 1. The van der Waals surface area contributed by atoms with Crippen molar-refractivity contribution in [2.45, 2.75) is 31.7 Å². The van der Waals surface area contributed by atoms with Gasteiger partial charge in [0.25, 0.3) is 0 Å². The first-order chi connectivity index (χ1) is 10.6. The highest BCUT2D eigenvalue weighted by Gasteiger charge is 2.41. The van der Waals surface area contributed by atoms with Gasteiger partial charge >= 0.3 is 0 Å². The van der Waals surface area contributed by atoms with Crippen molar-refractivity contribution in [2.24, 2.45) is 5.73 Å². The molecule has 0 aliphatic rings. The zero-order chi connectivity index (χ0) is 16.0. The van der Waals surface area contributed by atoms with E-state index in [4.69, 9.17) is 5.73 Å². The minimum atomic E-state index is -0.912. The molecule has 0 aliphatic heterocycles. The Morgan fingerprint density at radius 3 is 2.41 bits per heavy atom. The molecule has 2 aromatic rings. The fourth-order valence-electron chi connectivity index (χ4n) is 2.70. The van der Waals surface area contributed by atoms with Gasteiger partial charge in [0.1, 0.15) is 5.41 Å².